The predicted molar refractivity (Wildman–Crippen MR) is 134 cm³/mol. The summed E-state index contributed by atoms with van der Waals surface area (Å²) in [5, 5.41) is 0.0319. The molecule has 0 spiro atoms. The van der Waals surface area contributed by atoms with E-state index in [4.69, 9.17) is 9.47 Å². The van der Waals surface area contributed by atoms with E-state index >= 15 is 0 Å². The van der Waals surface area contributed by atoms with Crippen LogP contribution < -0.4 is 4.74 Å². The summed E-state index contributed by atoms with van der Waals surface area (Å²) in [6.45, 7) is 1.36. The van der Waals surface area contributed by atoms with E-state index in [9.17, 15) is 13.2 Å². The van der Waals surface area contributed by atoms with Crippen LogP contribution in [0.2, 0.25) is 0 Å². The van der Waals surface area contributed by atoms with Gasteiger partial charge in [0.15, 0.2) is 0 Å². The molecule has 1 aromatic heterocycles. The van der Waals surface area contributed by atoms with Crippen molar-refractivity contribution < 1.29 is 22.7 Å². The van der Waals surface area contributed by atoms with Gasteiger partial charge < -0.3 is 18.9 Å². The van der Waals surface area contributed by atoms with Crippen LogP contribution in [0.5, 0.6) is 5.75 Å². The van der Waals surface area contributed by atoms with Crippen molar-refractivity contribution in [2.75, 3.05) is 13.7 Å². The minimum atomic E-state index is -3.71. The van der Waals surface area contributed by atoms with Crippen LogP contribution in [0, 0.1) is 0 Å². The second-order valence-corrected chi connectivity index (χ2v) is 11.3. The van der Waals surface area contributed by atoms with E-state index in [0.717, 1.165) is 25.7 Å². The van der Waals surface area contributed by atoms with E-state index in [2.05, 4.69) is 4.98 Å². The van der Waals surface area contributed by atoms with E-state index in [0.29, 0.717) is 35.7 Å². The number of aromatic nitrogens is 2. The molecule has 1 amide bonds. The lowest BCUT2D eigenvalue weighted by Crippen LogP contribution is -2.34. The summed E-state index contributed by atoms with van der Waals surface area (Å²) < 4.78 is 39.7. The maximum Gasteiger partial charge on any atom is 0.254 e. The second-order valence-electron chi connectivity index (χ2n) is 9.42. The molecule has 2 aromatic carbocycles. The van der Waals surface area contributed by atoms with Crippen LogP contribution in [-0.4, -0.2) is 54.6 Å². The van der Waals surface area contributed by atoms with Crippen molar-refractivity contribution in [2.45, 2.75) is 61.8 Å². The predicted octanol–water partition coefficient (Wildman–Crippen LogP) is 3.85. The van der Waals surface area contributed by atoms with Gasteiger partial charge in [-0.1, -0.05) is 30.3 Å². The Bertz CT molecular complexity index is 1290. The fourth-order valence-corrected chi connectivity index (χ4v) is 6.14. The Labute approximate surface area is 211 Å². The molecule has 1 atom stereocenters. The third kappa shape index (κ3) is 5.47. The molecule has 36 heavy (non-hydrogen) atoms. The van der Waals surface area contributed by atoms with E-state index < -0.39 is 9.84 Å². The van der Waals surface area contributed by atoms with Gasteiger partial charge in [0.05, 0.1) is 43.9 Å². The molecule has 2 heterocycles. The fraction of sp³-hybridized carbons (Fsp3) is 0.407. The zero-order chi connectivity index (χ0) is 25.1. The van der Waals surface area contributed by atoms with Gasteiger partial charge in [0.2, 0.25) is 15.0 Å². The third-order valence-corrected chi connectivity index (χ3v) is 8.30. The standard InChI is InChI=1S/C27H31N3O5S/c1-34-24-13-9-21(10-14-24)26(31)29(22-11-12-22)17-23-16-28-27(30(23)18-25-8-5-15-35-25)36(32,33)19-20-6-3-2-4-7-20/h2-4,6-7,9-10,13-14,16,22,25H,5,8,11-12,15,17-19H2,1H3. The summed E-state index contributed by atoms with van der Waals surface area (Å²) in [5.74, 6) is 0.471. The number of carbonyl (C=O) groups excluding carboxylic acids is 1. The fourth-order valence-electron chi connectivity index (χ4n) is 4.64. The summed E-state index contributed by atoms with van der Waals surface area (Å²) in [7, 11) is -2.12. The van der Waals surface area contributed by atoms with E-state index in [1.54, 1.807) is 54.3 Å². The molecule has 2 aliphatic rings. The molecule has 8 nitrogen and oxygen atoms in total. The van der Waals surface area contributed by atoms with Gasteiger partial charge in [-0.3, -0.25) is 4.79 Å². The van der Waals surface area contributed by atoms with Crippen molar-refractivity contribution in [3.8, 4) is 5.75 Å². The average Bonchev–Trinajstić information content (AvgIpc) is 3.44. The molecule has 0 bridgehead atoms. The molecule has 1 saturated heterocycles. The van der Waals surface area contributed by atoms with Gasteiger partial charge in [-0.25, -0.2) is 13.4 Å². The molecule has 1 aliphatic heterocycles. The number of benzene rings is 2. The van der Waals surface area contributed by atoms with Gasteiger partial charge in [0, 0.05) is 18.2 Å². The van der Waals surface area contributed by atoms with Crippen molar-refractivity contribution in [3.63, 3.8) is 0 Å². The maximum atomic E-state index is 13.4. The van der Waals surface area contributed by atoms with Crippen LogP contribution in [0.1, 0.15) is 47.3 Å². The Morgan fingerprint density at radius 2 is 1.86 bits per heavy atom. The summed E-state index contributed by atoms with van der Waals surface area (Å²) in [4.78, 5) is 19.7. The SMILES string of the molecule is COc1ccc(C(=O)N(Cc2cnc(S(=O)(=O)Cc3ccccc3)n2CC2CCCO2)C2CC2)cc1. The van der Waals surface area contributed by atoms with Crippen LogP contribution in [0.4, 0.5) is 0 Å². The molecule has 1 saturated carbocycles. The van der Waals surface area contributed by atoms with Crippen LogP contribution in [0.15, 0.2) is 66.0 Å². The summed E-state index contributed by atoms with van der Waals surface area (Å²) >= 11 is 0. The molecular formula is C27H31N3O5S. The van der Waals surface area contributed by atoms with Crippen molar-refractivity contribution >= 4 is 15.7 Å². The Balaban J connectivity index is 1.45. The lowest BCUT2D eigenvalue weighted by Gasteiger charge is -2.24. The van der Waals surface area contributed by atoms with Gasteiger partial charge in [-0.05, 0) is 55.5 Å². The number of carbonyl (C=O) groups is 1. The number of sulfone groups is 1. The van der Waals surface area contributed by atoms with E-state index in [-0.39, 0.29) is 35.5 Å². The van der Waals surface area contributed by atoms with Gasteiger partial charge in [0.1, 0.15) is 5.75 Å². The number of amides is 1. The first kappa shape index (κ1) is 24.5. The molecule has 9 heteroatoms. The molecule has 1 aliphatic carbocycles. The minimum Gasteiger partial charge on any atom is -0.497 e. The topological polar surface area (TPSA) is 90.7 Å². The quantitative estimate of drug-likeness (QED) is 0.412. The molecule has 3 aromatic rings. The molecule has 0 radical (unpaired) electrons. The molecule has 2 fully saturated rings. The molecule has 190 valence electrons. The first-order valence-electron chi connectivity index (χ1n) is 12.3. The van der Waals surface area contributed by atoms with E-state index in [1.165, 1.54) is 0 Å². The zero-order valence-electron chi connectivity index (χ0n) is 20.4. The highest BCUT2D eigenvalue weighted by Crippen LogP contribution is 2.31. The van der Waals surface area contributed by atoms with Gasteiger partial charge in [-0.15, -0.1) is 0 Å². The van der Waals surface area contributed by atoms with Crippen LogP contribution in [0.25, 0.3) is 0 Å². The second kappa shape index (κ2) is 10.4. The summed E-state index contributed by atoms with van der Waals surface area (Å²) in [6, 6.07) is 16.3. The monoisotopic (exact) mass is 509 g/mol. The highest BCUT2D eigenvalue weighted by Gasteiger charge is 2.35. The molecule has 5 rings (SSSR count). The van der Waals surface area contributed by atoms with Crippen LogP contribution in [0.3, 0.4) is 0 Å². The first-order chi connectivity index (χ1) is 17.4. The van der Waals surface area contributed by atoms with Crippen molar-refractivity contribution in [1.82, 2.24) is 14.5 Å². The lowest BCUT2D eigenvalue weighted by molar-refractivity contribution is 0.0718. The molecule has 1 unspecified atom stereocenters. The smallest absolute Gasteiger partial charge is 0.254 e. The first-order valence-corrected chi connectivity index (χ1v) is 14.0. The Morgan fingerprint density at radius 1 is 1.11 bits per heavy atom. The highest BCUT2D eigenvalue weighted by molar-refractivity contribution is 7.90. The number of rotatable bonds is 10. The summed E-state index contributed by atoms with van der Waals surface area (Å²) in [5.41, 5.74) is 1.98. The molecular weight excluding hydrogens is 478 g/mol. The maximum absolute atomic E-state index is 13.4. The third-order valence-electron chi connectivity index (χ3n) is 6.71. The van der Waals surface area contributed by atoms with Gasteiger partial charge >= 0.3 is 0 Å². The van der Waals surface area contributed by atoms with Crippen LogP contribution in [-0.2, 0) is 33.4 Å². The normalized spacial score (nSPS) is 17.8. The van der Waals surface area contributed by atoms with Crippen LogP contribution >= 0.6 is 0 Å². The Hall–Kier alpha value is -3.17. The van der Waals surface area contributed by atoms with Crippen molar-refractivity contribution in [3.05, 3.63) is 77.6 Å². The lowest BCUT2D eigenvalue weighted by atomic mass is 10.2. The van der Waals surface area contributed by atoms with Gasteiger partial charge in [-0.2, -0.15) is 0 Å². The number of hydrogen-bond acceptors (Lipinski definition) is 6. The number of hydrogen-bond donors (Lipinski definition) is 0. The minimum absolute atomic E-state index is 0.0319. The van der Waals surface area contributed by atoms with Crippen molar-refractivity contribution in [1.29, 1.82) is 0 Å². The summed E-state index contributed by atoms with van der Waals surface area (Å²) in [6.07, 6.45) is 5.21. The Kier molecular flexibility index (Phi) is 7.11. The average molecular weight is 510 g/mol. The van der Waals surface area contributed by atoms with E-state index in [1.807, 2.05) is 23.1 Å². The number of imidazole rings is 1. The highest BCUT2D eigenvalue weighted by atomic mass is 32.2. The number of nitrogens with zero attached hydrogens (tertiary/aromatic N) is 3. The molecule has 0 N–H and O–H groups in total. The van der Waals surface area contributed by atoms with Crippen molar-refractivity contribution in [2.24, 2.45) is 0 Å². The number of ether oxygens (including phenoxy) is 2. The largest absolute Gasteiger partial charge is 0.497 e. The zero-order valence-corrected chi connectivity index (χ0v) is 21.2. The Morgan fingerprint density at radius 3 is 2.50 bits per heavy atom. The van der Waals surface area contributed by atoms with Gasteiger partial charge in [0.25, 0.3) is 5.91 Å². The number of methoxy groups -OCH3 is 1.